The van der Waals surface area contributed by atoms with Gasteiger partial charge >= 0.3 is 5.97 Å². The van der Waals surface area contributed by atoms with Crippen molar-refractivity contribution >= 4 is 11.5 Å². The number of carboxylic acids is 1. The van der Waals surface area contributed by atoms with Crippen LogP contribution >= 0.6 is 0 Å². The van der Waals surface area contributed by atoms with Gasteiger partial charge in [0.1, 0.15) is 5.75 Å². The minimum Gasteiger partial charge on any atom is -0.494 e. The largest absolute Gasteiger partial charge is 0.494 e. The van der Waals surface area contributed by atoms with Gasteiger partial charge in [-0.1, -0.05) is 25.5 Å². The van der Waals surface area contributed by atoms with Crippen LogP contribution in [0.4, 0.5) is 0 Å². The van der Waals surface area contributed by atoms with Crippen molar-refractivity contribution in [3.8, 4) is 5.75 Å². The summed E-state index contributed by atoms with van der Waals surface area (Å²) in [6, 6.07) is 7.47. The number of hydrogen-bond donors (Lipinski definition) is 1. The fourth-order valence-electron chi connectivity index (χ4n) is 1.42. The number of benzene rings is 1. The highest BCUT2D eigenvalue weighted by Crippen LogP contribution is 2.18. The third-order valence-electron chi connectivity index (χ3n) is 2.42. The van der Waals surface area contributed by atoms with Crippen molar-refractivity contribution in [2.75, 3.05) is 6.61 Å². The lowest BCUT2D eigenvalue weighted by molar-refractivity contribution is -0.131. The number of carbonyl (C=O) groups is 1. The molecule has 1 rings (SSSR count). The molecule has 0 aliphatic heterocycles. The topological polar surface area (TPSA) is 46.5 Å². The van der Waals surface area contributed by atoms with Crippen molar-refractivity contribution in [1.29, 1.82) is 0 Å². The summed E-state index contributed by atoms with van der Waals surface area (Å²) >= 11 is 0. The summed E-state index contributed by atoms with van der Waals surface area (Å²) in [6.45, 7) is 4.62. The fraction of sp³-hybridized carbons (Fsp3) is 0.357. The van der Waals surface area contributed by atoms with Crippen molar-refractivity contribution in [1.82, 2.24) is 0 Å². The molecule has 0 atom stereocenters. The maximum Gasteiger partial charge on any atom is 0.328 e. The van der Waals surface area contributed by atoms with E-state index in [0.29, 0.717) is 0 Å². The van der Waals surface area contributed by atoms with E-state index in [2.05, 4.69) is 6.92 Å². The number of aliphatic carboxylic acids is 1. The van der Waals surface area contributed by atoms with E-state index in [4.69, 9.17) is 9.84 Å². The number of hydrogen-bond acceptors (Lipinski definition) is 2. The van der Waals surface area contributed by atoms with Crippen LogP contribution in [-0.2, 0) is 4.79 Å². The lowest BCUT2D eigenvalue weighted by Gasteiger charge is -2.06. The summed E-state index contributed by atoms with van der Waals surface area (Å²) in [5.41, 5.74) is 1.63. The lowest BCUT2D eigenvalue weighted by atomic mass is 10.1. The van der Waals surface area contributed by atoms with Gasteiger partial charge in [-0.05, 0) is 36.6 Å². The molecule has 0 fully saturated rings. The molecule has 1 N–H and O–H groups in total. The molecule has 92 valence electrons. The second-order valence-electron chi connectivity index (χ2n) is 3.89. The Kier molecular flexibility index (Phi) is 5.27. The monoisotopic (exact) mass is 234 g/mol. The second-order valence-corrected chi connectivity index (χ2v) is 3.89. The molecule has 17 heavy (non-hydrogen) atoms. The number of allylic oxidation sites excluding steroid dienone is 1. The van der Waals surface area contributed by atoms with Gasteiger partial charge in [0, 0.05) is 6.08 Å². The molecule has 0 spiro atoms. The van der Waals surface area contributed by atoms with E-state index in [1.54, 1.807) is 6.92 Å². The molecule has 0 radical (unpaired) electrons. The zero-order valence-electron chi connectivity index (χ0n) is 10.3. The van der Waals surface area contributed by atoms with Gasteiger partial charge in [-0.2, -0.15) is 0 Å². The zero-order valence-corrected chi connectivity index (χ0v) is 10.3. The summed E-state index contributed by atoms with van der Waals surface area (Å²) in [5.74, 6) is -0.101. The Balaban J connectivity index is 2.64. The molecule has 0 amide bonds. The maximum absolute atomic E-state index is 10.5. The minimum atomic E-state index is -0.925. The summed E-state index contributed by atoms with van der Waals surface area (Å²) in [7, 11) is 0. The first-order valence-corrected chi connectivity index (χ1v) is 5.78. The van der Waals surface area contributed by atoms with Crippen LogP contribution in [0.15, 0.2) is 30.3 Å². The van der Waals surface area contributed by atoms with Crippen LogP contribution in [0.5, 0.6) is 5.75 Å². The van der Waals surface area contributed by atoms with Gasteiger partial charge < -0.3 is 9.84 Å². The van der Waals surface area contributed by atoms with Gasteiger partial charge in [-0.25, -0.2) is 4.79 Å². The van der Waals surface area contributed by atoms with E-state index in [1.807, 2.05) is 24.3 Å². The van der Waals surface area contributed by atoms with Crippen LogP contribution in [-0.4, -0.2) is 17.7 Å². The summed E-state index contributed by atoms with van der Waals surface area (Å²) in [5, 5.41) is 8.64. The predicted octanol–water partition coefficient (Wildman–Crippen LogP) is 3.35. The molecule has 1 aromatic rings. The van der Waals surface area contributed by atoms with Crippen LogP contribution < -0.4 is 4.74 Å². The number of unbranched alkanes of at least 4 members (excludes halogenated alkanes) is 1. The van der Waals surface area contributed by atoms with Gasteiger partial charge in [0.25, 0.3) is 0 Å². The van der Waals surface area contributed by atoms with Gasteiger partial charge in [-0.15, -0.1) is 0 Å². The molecule has 1 aromatic carbocycles. The van der Waals surface area contributed by atoms with Crippen molar-refractivity contribution in [2.45, 2.75) is 26.7 Å². The number of ether oxygens (including phenoxy) is 1. The van der Waals surface area contributed by atoms with E-state index in [1.165, 1.54) is 6.08 Å². The summed E-state index contributed by atoms with van der Waals surface area (Å²) in [6.07, 6.45) is 3.35. The summed E-state index contributed by atoms with van der Waals surface area (Å²) in [4.78, 5) is 10.5. The average molecular weight is 234 g/mol. The normalized spacial score (nSPS) is 11.3. The van der Waals surface area contributed by atoms with Crippen molar-refractivity contribution < 1.29 is 14.6 Å². The van der Waals surface area contributed by atoms with Gasteiger partial charge in [-0.3, -0.25) is 0 Å². The standard InChI is InChI=1S/C14H18O3/c1-3-4-9-17-13-7-5-12(6-8-13)11(2)10-14(15)16/h5-8,10H,3-4,9H2,1-2H3,(H,15,16). The first kappa shape index (κ1) is 13.3. The Hall–Kier alpha value is -1.77. The molecule has 3 heteroatoms. The van der Waals surface area contributed by atoms with Crippen LogP contribution in [0.3, 0.4) is 0 Å². The smallest absolute Gasteiger partial charge is 0.328 e. The molecule has 0 aliphatic carbocycles. The quantitative estimate of drug-likeness (QED) is 0.606. The van der Waals surface area contributed by atoms with Gasteiger partial charge in [0.05, 0.1) is 6.61 Å². The molecular formula is C14H18O3. The van der Waals surface area contributed by atoms with Crippen molar-refractivity contribution in [3.05, 3.63) is 35.9 Å². The third-order valence-corrected chi connectivity index (χ3v) is 2.42. The second kappa shape index (κ2) is 6.74. The van der Waals surface area contributed by atoms with Crippen LogP contribution in [0.2, 0.25) is 0 Å². The number of rotatable bonds is 6. The minimum absolute atomic E-state index is 0.722. The Morgan fingerprint density at radius 1 is 1.35 bits per heavy atom. The average Bonchev–Trinajstić information content (AvgIpc) is 2.29. The van der Waals surface area contributed by atoms with Gasteiger partial charge in [0.2, 0.25) is 0 Å². The van der Waals surface area contributed by atoms with E-state index in [0.717, 1.165) is 36.3 Å². The Labute approximate surface area is 102 Å². The van der Waals surface area contributed by atoms with E-state index >= 15 is 0 Å². The first-order chi connectivity index (χ1) is 8.13. The zero-order chi connectivity index (χ0) is 12.7. The molecule has 3 nitrogen and oxygen atoms in total. The molecule has 0 bridgehead atoms. The molecule has 0 aliphatic rings. The fourth-order valence-corrected chi connectivity index (χ4v) is 1.42. The van der Waals surface area contributed by atoms with Crippen LogP contribution in [0.25, 0.3) is 5.57 Å². The predicted molar refractivity (Wildman–Crippen MR) is 68.1 cm³/mol. The van der Waals surface area contributed by atoms with E-state index in [9.17, 15) is 4.79 Å². The Bertz CT molecular complexity index is 390. The number of carboxylic acid groups (broad SMARTS) is 1. The maximum atomic E-state index is 10.5. The highest BCUT2D eigenvalue weighted by atomic mass is 16.5. The molecule has 0 saturated carbocycles. The van der Waals surface area contributed by atoms with E-state index in [-0.39, 0.29) is 0 Å². The SMILES string of the molecule is CCCCOc1ccc(C(C)=CC(=O)O)cc1. The van der Waals surface area contributed by atoms with Crippen LogP contribution in [0.1, 0.15) is 32.3 Å². The van der Waals surface area contributed by atoms with E-state index < -0.39 is 5.97 Å². The van der Waals surface area contributed by atoms with Gasteiger partial charge in [0.15, 0.2) is 0 Å². The van der Waals surface area contributed by atoms with Crippen molar-refractivity contribution in [3.63, 3.8) is 0 Å². The Morgan fingerprint density at radius 2 is 2.00 bits per heavy atom. The molecule has 0 aromatic heterocycles. The highest BCUT2D eigenvalue weighted by molar-refractivity contribution is 5.89. The molecule has 0 saturated heterocycles. The molecule has 0 unspecified atom stereocenters. The molecule has 0 heterocycles. The summed E-state index contributed by atoms with van der Waals surface area (Å²) < 4.78 is 5.53. The first-order valence-electron chi connectivity index (χ1n) is 5.78. The Morgan fingerprint density at radius 3 is 2.53 bits per heavy atom. The third kappa shape index (κ3) is 4.72. The highest BCUT2D eigenvalue weighted by Gasteiger charge is 1.99. The molecular weight excluding hydrogens is 216 g/mol. The van der Waals surface area contributed by atoms with Crippen molar-refractivity contribution in [2.24, 2.45) is 0 Å². The lowest BCUT2D eigenvalue weighted by Crippen LogP contribution is -1.96. The van der Waals surface area contributed by atoms with Crippen LogP contribution in [0, 0.1) is 0 Å².